The summed E-state index contributed by atoms with van der Waals surface area (Å²) < 4.78 is -0.741. The molecule has 1 aromatic rings. The standard InChI is InChI=1S/C28H36ClN3O4S/c1-5-14-30(15-6-2)25(34)22-21-12-13-28(37-21)23(22)26(35)32(18(4)17-33)24(28)27(36)31(16-7-3)20-11-9-8-10-19(20)29/h5,7-11,18,21-24,33H,1,3,6,12-17H2,2,4H3/t18-,21+,22-,23+,24?,28?/m1/s1. The highest BCUT2D eigenvalue weighted by molar-refractivity contribution is 8.02. The number of halogens is 1. The lowest BCUT2D eigenvalue weighted by molar-refractivity contribution is -0.145. The Hall–Kier alpha value is -2.29. The number of carbonyl (C=O) groups is 3. The highest BCUT2D eigenvalue weighted by Crippen LogP contribution is 2.67. The number of hydrogen-bond donors (Lipinski definition) is 1. The number of benzene rings is 1. The summed E-state index contributed by atoms with van der Waals surface area (Å²) in [5.41, 5.74) is 0.545. The number of carbonyl (C=O) groups excluding carboxylic acids is 3. The highest BCUT2D eigenvalue weighted by Gasteiger charge is 2.74. The molecule has 37 heavy (non-hydrogen) atoms. The zero-order chi connectivity index (χ0) is 26.9. The number of hydrogen-bond acceptors (Lipinski definition) is 5. The van der Waals surface area contributed by atoms with Gasteiger partial charge in [-0.2, -0.15) is 0 Å². The van der Waals surface area contributed by atoms with Gasteiger partial charge in [0.2, 0.25) is 11.8 Å². The van der Waals surface area contributed by atoms with Gasteiger partial charge in [0, 0.05) is 24.9 Å². The van der Waals surface area contributed by atoms with Gasteiger partial charge >= 0.3 is 0 Å². The molecule has 1 aromatic carbocycles. The van der Waals surface area contributed by atoms with E-state index in [4.69, 9.17) is 11.6 Å². The number of anilines is 1. The molecule has 0 saturated carbocycles. The number of nitrogens with zero attached hydrogens (tertiary/aromatic N) is 3. The van der Waals surface area contributed by atoms with Crippen molar-refractivity contribution in [2.75, 3.05) is 31.1 Å². The maximum atomic E-state index is 14.4. The minimum absolute atomic E-state index is 0.0272. The normalized spacial score (nSPS) is 28.6. The second kappa shape index (κ2) is 11.2. The molecule has 3 aliphatic rings. The Balaban J connectivity index is 1.79. The first-order chi connectivity index (χ1) is 17.8. The molecule has 7 nitrogen and oxygen atoms in total. The van der Waals surface area contributed by atoms with Gasteiger partial charge in [0.25, 0.3) is 5.91 Å². The van der Waals surface area contributed by atoms with Crippen LogP contribution >= 0.6 is 23.4 Å². The van der Waals surface area contributed by atoms with Crippen molar-refractivity contribution in [2.24, 2.45) is 11.8 Å². The molecule has 3 aliphatic heterocycles. The molecule has 2 unspecified atom stereocenters. The molecule has 0 radical (unpaired) electrons. The summed E-state index contributed by atoms with van der Waals surface area (Å²) >= 11 is 8.12. The van der Waals surface area contributed by atoms with E-state index in [1.54, 1.807) is 63.7 Å². The van der Waals surface area contributed by atoms with Crippen LogP contribution in [0, 0.1) is 11.8 Å². The number of thioether (sulfide) groups is 1. The molecule has 3 fully saturated rings. The summed E-state index contributed by atoms with van der Waals surface area (Å²) in [5.74, 6) is -1.65. The monoisotopic (exact) mass is 545 g/mol. The van der Waals surface area contributed by atoms with Gasteiger partial charge in [-0.05, 0) is 38.3 Å². The summed E-state index contributed by atoms with van der Waals surface area (Å²) in [6, 6.07) is 5.71. The van der Waals surface area contributed by atoms with Crippen LogP contribution in [-0.2, 0) is 14.4 Å². The molecular formula is C28H36ClN3O4S. The van der Waals surface area contributed by atoms with E-state index in [9.17, 15) is 19.5 Å². The van der Waals surface area contributed by atoms with Crippen LogP contribution in [-0.4, -0.2) is 80.9 Å². The third kappa shape index (κ3) is 4.51. The number of aliphatic hydroxyl groups is 1. The largest absolute Gasteiger partial charge is 0.394 e. The molecule has 200 valence electrons. The summed E-state index contributed by atoms with van der Waals surface area (Å²) in [6.07, 6.45) is 5.57. The van der Waals surface area contributed by atoms with E-state index in [-0.39, 0.29) is 36.1 Å². The first kappa shape index (κ1) is 27.7. The van der Waals surface area contributed by atoms with Crippen molar-refractivity contribution in [2.45, 2.75) is 55.2 Å². The van der Waals surface area contributed by atoms with E-state index in [2.05, 4.69) is 13.2 Å². The number of para-hydroxylation sites is 1. The minimum atomic E-state index is -0.824. The Kier molecular flexibility index (Phi) is 8.41. The summed E-state index contributed by atoms with van der Waals surface area (Å²) in [4.78, 5) is 47.3. The van der Waals surface area contributed by atoms with Gasteiger partial charge in [-0.3, -0.25) is 14.4 Å². The lowest BCUT2D eigenvalue weighted by atomic mass is 9.70. The molecule has 9 heteroatoms. The van der Waals surface area contributed by atoms with Crippen molar-refractivity contribution in [3.63, 3.8) is 0 Å². The van der Waals surface area contributed by atoms with Crippen LogP contribution in [0.4, 0.5) is 5.69 Å². The Morgan fingerprint density at radius 1 is 1.27 bits per heavy atom. The summed E-state index contributed by atoms with van der Waals surface area (Å²) in [7, 11) is 0. The molecular weight excluding hydrogens is 510 g/mol. The summed E-state index contributed by atoms with van der Waals surface area (Å²) in [5, 5.41) is 10.5. The van der Waals surface area contributed by atoms with Crippen LogP contribution < -0.4 is 4.90 Å². The quantitative estimate of drug-likeness (QED) is 0.428. The highest BCUT2D eigenvalue weighted by atomic mass is 35.5. The second-order valence-electron chi connectivity index (χ2n) is 10.1. The zero-order valence-corrected chi connectivity index (χ0v) is 23.1. The van der Waals surface area contributed by atoms with Crippen LogP contribution in [0.3, 0.4) is 0 Å². The van der Waals surface area contributed by atoms with Crippen molar-refractivity contribution in [1.29, 1.82) is 0 Å². The molecule has 1 spiro atoms. The van der Waals surface area contributed by atoms with Gasteiger partial charge in [-0.25, -0.2) is 0 Å². The van der Waals surface area contributed by atoms with Gasteiger partial charge in [-0.15, -0.1) is 24.9 Å². The van der Waals surface area contributed by atoms with E-state index in [1.807, 2.05) is 13.0 Å². The predicted molar refractivity (Wildman–Crippen MR) is 149 cm³/mol. The Labute approximate surface area is 228 Å². The number of aliphatic hydroxyl groups excluding tert-OH is 1. The maximum Gasteiger partial charge on any atom is 0.251 e. The second-order valence-corrected chi connectivity index (χ2v) is 12.1. The Bertz CT molecular complexity index is 1080. The van der Waals surface area contributed by atoms with Crippen LogP contribution in [0.2, 0.25) is 5.02 Å². The van der Waals surface area contributed by atoms with Crippen LogP contribution in [0.5, 0.6) is 0 Å². The van der Waals surface area contributed by atoms with Crippen molar-refractivity contribution in [1.82, 2.24) is 9.80 Å². The van der Waals surface area contributed by atoms with Gasteiger partial charge < -0.3 is 19.8 Å². The molecule has 3 saturated heterocycles. The molecule has 1 N–H and O–H groups in total. The number of amides is 3. The fourth-order valence-corrected chi connectivity index (χ4v) is 8.83. The van der Waals surface area contributed by atoms with Crippen LogP contribution in [0.1, 0.15) is 33.1 Å². The minimum Gasteiger partial charge on any atom is -0.394 e. The van der Waals surface area contributed by atoms with Crippen LogP contribution in [0.15, 0.2) is 49.6 Å². The van der Waals surface area contributed by atoms with Crippen molar-refractivity contribution >= 4 is 46.8 Å². The van der Waals surface area contributed by atoms with Crippen molar-refractivity contribution in [3.8, 4) is 0 Å². The van der Waals surface area contributed by atoms with Gasteiger partial charge in [0.1, 0.15) is 6.04 Å². The van der Waals surface area contributed by atoms with Gasteiger partial charge in [0.05, 0.1) is 39.9 Å². The average molecular weight is 546 g/mol. The number of likely N-dealkylation sites (tertiary alicyclic amines) is 1. The van der Waals surface area contributed by atoms with E-state index in [0.717, 1.165) is 12.8 Å². The fourth-order valence-electron chi connectivity index (χ4n) is 6.40. The SMILES string of the molecule is C=CCN(CCC)C(=O)[C@@H]1[C@@H]2CCC3(S2)C(C(=O)N(CC=C)c2ccccc2Cl)N([C@H](C)CO)C(=O)[C@H]13. The molecule has 3 amide bonds. The number of rotatable bonds is 11. The lowest BCUT2D eigenvalue weighted by Crippen LogP contribution is -2.57. The average Bonchev–Trinajstić information content (AvgIpc) is 3.54. The molecule has 3 heterocycles. The Morgan fingerprint density at radius 2 is 1.97 bits per heavy atom. The van der Waals surface area contributed by atoms with Gasteiger partial charge in [-0.1, -0.05) is 42.8 Å². The molecule has 4 rings (SSSR count). The topological polar surface area (TPSA) is 81.2 Å². The first-order valence-electron chi connectivity index (χ1n) is 12.9. The third-order valence-electron chi connectivity index (χ3n) is 7.87. The summed E-state index contributed by atoms with van der Waals surface area (Å²) in [6.45, 7) is 12.3. The van der Waals surface area contributed by atoms with Crippen molar-refractivity contribution in [3.05, 3.63) is 54.6 Å². The van der Waals surface area contributed by atoms with E-state index < -0.39 is 28.7 Å². The van der Waals surface area contributed by atoms with E-state index in [1.165, 1.54) is 0 Å². The predicted octanol–water partition coefficient (Wildman–Crippen LogP) is 3.76. The van der Waals surface area contributed by atoms with E-state index in [0.29, 0.717) is 30.2 Å². The zero-order valence-electron chi connectivity index (χ0n) is 21.5. The van der Waals surface area contributed by atoms with Gasteiger partial charge in [0.15, 0.2) is 0 Å². The first-order valence-corrected chi connectivity index (χ1v) is 14.2. The van der Waals surface area contributed by atoms with Crippen LogP contribution in [0.25, 0.3) is 0 Å². The maximum absolute atomic E-state index is 14.4. The Morgan fingerprint density at radius 3 is 2.59 bits per heavy atom. The molecule has 0 aromatic heterocycles. The number of fused-ring (bicyclic) bond motifs is 1. The smallest absolute Gasteiger partial charge is 0.251 e. The molecule has 2 bridgehead atoms. The fraction of sp³-hybridized carbons (Fsp3) is 0.536. The third-order valence-corrected chi connectivity index (χ3v) is 10.1. The van der Waals surface area contributed by atoms with E-state index >= 15 is 0 Å². The molecule has 0 aliphatic carbocycles. The van der Waals surface area contributed by atoms with Crippen molar-refractivity contribution < 1.29 is 19.5 Å². The lowest BCUT2D eigenvalue weighted by Gasteiger charge is -2.39. The molecule has 6 atom stereocenters.